The summed E-state index contributed by atoms with van der Waals surface area (Å²) in [6.07, 6.45) is 2.69. The summed E-state index contributed by atoms with van der Waals surface area (Å²) in [6, 6.07) is 10.00. The second-order valence-corrected chi connectivity index (χ2v) is 5.55. The van der Waals surface area contributed by atoms with E-state index in [0.29, 0.717) is 6.42 Å². The van der Waals surface area contributed by atoms with Gasteiger partial charge >= 0.3 is 5.97 Å². The van der Waals surface area contributed by atoms with E-state index in [4.69, 9.17) is 0 Å². The number of fused-ring (bicyclic) bond motifs is 1. The van der Waals surface area contributed by atoms with Gasteiger partial charge in [0.05, 0.1) is 5.03 Å². The number of aromatic amines is 1. The van der Waals surface area contributed by atoms with Crippen molar-refractivity contribution >= 4 is 28.6 Å². The van der Waals surface area contributed by atoms with Crippen LogP contribution in [-0.2, 0) is 4.79 Å². The molecule has 0 bridgehead atoms. The molecule has 1 unspecified atom stereocenters. The molecule has 1 heterocycles. The van der Waals surface area contributed by atoms with Crippen molar-refractivity contribution in [1.82, 2.24) is 4.98 Å². The minimum Gasteiger partial charge on any atom is -0.480 e. The average Bonchev–Trinajstić information content (AvgIpc) is 2.76. The molecule has 0 aliphatic rings. The Morgan fingerprint density at radius 1 is 1.44 bits per heavy atom. The summed E-state index contributed by atoms with van der Waals surface area (Å²) in [5.74, 6) is -0.730. The number of thioether (sulfide) groups is 1. The quantitative estimate of drug-likeness (QED) is 0.777. The van der Waals surface area contributed by atoms with Crippen LogP contribution in [0.4, 0.5) is 0 Å². The van der Waals surface area contributed by atoms with Gasteiger partial charge in [0.2, 0.25) is 0 Å². The van der Waals surface area contributed by atoms with Crippen LogP contribution in [0.5, 0.6) is 0 Å². The van der Waals surface area contributed by atoms with E-state index in [1.165, 1.54) is 11.8 Å². The van der Waals surface area contributed by atoms with E-state index in [0.717, 1.165) is 28.8 Å². The highest BCUT2D eigenvalue weighted by molar-refractivity contribution is 8.00. The summed E-state index contributed by atoms with van der Waals surface area (Å²) < 4.78 is 0. The van der Waals surface area contributed by atoms with E-state index in [2.05, 4.69) is 11.9 Å². The van der Waals surface area contributed by atoms with Gasteiger partial charge in [-0.3, -0.25) is 4.79 Å². The first-order chi connectivity index (χ1) is 8.70. The van der Waals surface area contributed by atoms with E-state index in [1.54, 1.807) is 0 Å². The Labute approximate surface area is 111 Å². The van der Waals surface area contributed by atoms with Crippen molar-refractivity contribution in [2.75, 3.05) is 0 Å². The van der Waals surface area contributed by atoms with Gasteiger partial charge in [0.25, 0.3) is 0 Å². The zero-order valence-corrected chi connectivity index (χ0v) is 11.2. The third kappa shape index (κ3) is 3.07. The molecule has 1 atom stereocenters. The molecule has 0 fully saturated rings. The average molecular weight is 263 g/mol. The molecule has 4 heteroatoms. The molecule has 0 saturated carbocycles. The van der Waals surface area contributed by atoms with Crippen LogP contribution in [0.3, 0.4) is 0 Å². The topological polar surface area (TPSA) is 53.1 Å². The summed E-state index contributed by atoms with van der Waals surface area (Å²) in [6.45, 7) is 2.08. The van der Waals surface area contributed by atoms with Gasteiger partial charge < -0.3 is 10.1 Å². The number of hydrogen-bond donors (Lipinski definition) is 2. The molecule has 3 nitrogen and oxygen atoms in total. The number of para-hydroxylation sites is 1. The molecular weight excluding hydrogens is 246 g/mol. The molecule has 0 aliphatic carbocycles. The molecule has 1 aromatic carbocycles. The van der Waals surface area contributed by atoms with Crippen molar-refractivity contribution in [3.8, 4) is 0 Å². The van der Waals surface area contributed by atoms with Crippen LogP contribution in [-0.4, -0.2) is 21.3 Å². The second-order valence-electron chi connectivity index (χ2n) is 4.31. The number of carboxylic acid groups (broad SMARTS) is 1. The van der Waals surface area contributed by atoms with E-state index in [1.807, 2.05) is 30.3 Å². The van der Waals surface area contributed by atoms with E-state index < -0.39 is 5.97 Å². The molecule has 0 amide bonds. The lowest BCUT2D eigenvalue weighted by atomic mass is 10.2. The maximum absolute atomic E-state index is 11.2. The van der Waals surface area contributed by atoms with Crippen molar-refractivity contribution in [2.45, 2.75) is 36.5 Å². The van der Waals surface area contributed by atoms with Gasteiger partial charge in [-0.1, -0.05) is 49.7 Å². The third-order valence-electron chi connectivity index (χ3n) is 2.87. The predicted octanol–water partition coefficient (Wildman–Crippen LogP) is 3.90. The van der Waals surface area contributed by atoms with Crippen LogP contribution in [0.1, 0.15) is 26.2 Å². The lowest BCUT2D eigenvalue weighted by molar-refractivity contribution is -0.136. The van der Waals surface area contributed by atoms with Crippen molar-refractivity contribution < 1.29 is 9.90 Å². The Morgan fingerprint density at radius 2 is 2.22 bits per heavy atom. The highest BCUT2D eigenvalue weighted by Gasteiger charge is 2.19. The van der Waals surface area contributed by atoms with Crippen molar-refractivity contribution in [2.24, 2.45) is 0 Å². The highest BCUT2D eigenvalue weighted by atomic mass is 32.2. The van der Waals surface area contributed by atoms with E-state index in [9.17, 15) is 9.90 Å². The number of carboxylic acids is 1. The fraction of sp³-hybridized carbons (Fsp3) is 0.357. The van der Waals surface area contributed by atoms with Crippen LogP contribution in [0.25, 0.3) is 10.9 Å². The van der Waals surface area contributed by atoms with E-state index >= 15 is 0 Å². The Bertz CT molecular complexity index is 502. The molecule has 96 valence electrons. The van der Waals surface area contributed by atoms with Crippen LogP contribution >= 0.6 is 11.8 Å². The zero-order chi connectivity index (χ0) is 13.0. The van der Waals surface area contributed by atoms with Gasteiger partial charge in [0.15, 0.2) is 0 Å². The summed E-state index contributed by atoms with van der Waals surface area (Å²) in [4.78, 5) is 14.4. The summed E-state index contributed by atoms with van der Waals surface area (Å²) in [5, 5.41) is 10.9. The Morgan fingerprint density at radius 3 is 2.89 bits per heavy atom. The van der Waals surface area contributed by atoms with Crippen LogP contribution < -0.4 is 0 Å². The number of carbonyl (C=O) groups is 1. The normalized spacial score (nSPS) is 12.7. The second kappa shape index (κ2) is 5.96. The molecule has 18 heavy (non-hydrogen) atoms. The first kappa shape index (κ1) is 13.0. The number of unbranched alkanes of at least 4 members (excludes halogenated alkanes) is 1. The lowest BCUT2D eigenvalue weighted by Crippen LogP contribution is -2.15. The molecule has 2 rings (SSSR count). The van der Waals surface area contributed by atoms with Crippen molar-refractivity contribution in [3.05, 3.63) is 30.3 Å². The minimum absolute atomic E-state index is 0.363. The molecule has 2 N–H and O–H groups in total. The summed E-state index contributed by atoms with van der Waals surface area (Å²) in [7, 11) is 0. The van der Waals surface area contributed by atoms with Crippen molar-refractivity contribution in [3.63, 3.8) is 0 Å². The summed E-state index contributed by atoms with van der Waals surface area (Å²) >= 11 is 1.41. The maximum Gasteiger partial charge on any atom is 0.317 e. The lowest BCUT2D eigenvalue weighted by Gasteiger charge is -2.09. The van der Waals surface area contributed by atoms with Gasteiger partial charge in [-0.15, -0.1) is 0 Å². The largest absolute Gasteiger partial charge is 0.480 e. The first-order valence-corrected chi connectivity index (χ1v) is 7.06. The third-order valence-corrected chi connectivity index (χ3v) is 4.07. The van der Waals surface area contributed by atoms with Crippen molar-refractivity contribution in [1.29, 1.82) is 0 Å². The number of aromatic nitrogens is 1. The van der Waals surface area contributed by atoms with Gasteiger partial charge in [-0.05, 0) is 18.6 Å². The standard InChI is InChI=1S/C14H17NO2S/c1-2-3-8-12(14(16)17)18-13-9-10-6-4-5-7-11(10)15-13/h4-7,9,12,15H,2-3,8H2,1H3,(H,16,17). The molecular formula is C14H17NO2S. The molecule has 1 aromatic heterocycles. The zero-order valence-electron chi connectivity index (χ0n) is 10.3. The number of benzene rings is 1. The highest BCUT2D eigenvalue weighted by Crippen LogP contribution is 2.29. The number of aliphatic carboxylic acids is 1. The molecule has 0 aliphatic heterocycles. The van der Waals surface area contributed by atoms with Crippen LogP contribution in [0.15, 0.2) is 35.4 Å². The van der Waals surface area contributed by atoms with Gasteiger partial charge in [0, 0.05) is 10.9 Å². The van der Waals surface area contributed by atoms with Crippen LogP contribution in [0, 0.1) is 0 Å². The smallest absolute Gasteiger partial charge is 0.317 e. The predicted molar refractivity (Wildman–Crippen MR) is 75.1 cm³/mol. The van der Waals surface area contributed by atoms with Gasteiger partial charge in [0.1, 0.15) is 5.25 Å². The Balaban J connectivity index is 2.12. The first-order valence-electron chi connectivity index (χ1n) is 6.18. The van der Waals surface area contributed by atoms with Crippen LogP contribution in [0.2, 0.25) is 0 Å². The molecule has 0 radical (unpaired) electrons. The number of nitrogens with one attached hydrogen (secondary N) is 1. The number of hydrogen-bond acceptors (Lipinski definition) is 2. The number of rotatable bonds is 6. The maximum atomic E-state index is 11.2. The number of H-pyrrole nitrogens is 1. The van der Waals surface area contributed by atoms with E-state index in [-0.39, 0.29) is 5.25 Å². The fourth-order valence-corrected chi connectivity index (χ4v) is 2.94. The minimum atomic E-state index is -0.730. The Kier molecular flexibility index (Phi) is 4.31. The molecule has 0 spiro atoms. The Hall–Kier alpha value is -1.42. The molecule has 2 aromatic rings. The summed E-state index contributed by atoms with van der Waals surface area (Å²) in [5.41, 5.74) is 1.06. The monoisotopic (exact) mass is 263 g/mol. The molecule has 0 saturated heterocycles. The van der Waals surface area contributed by atoms with Gasteiger partial charge in [-0.2, -0.15) is 0 Å². The van der Waals surface area contributed by atoms with Gasteiger partial charge in [-0.25, -0.2) is 0 Å². The SMILES string of the molecule is CCCCC(Sc1cc2ccccc2[nH]1)C(=O)O. The fourth-order valence-electron chi connectivity index (χ4n) is 1.89.